The second-order valence-electron chi connectivity index (χ2n) is 9.32. The molecule has 5 aromatic carbocycles. The Bertz CT molecular complexity index is 1990. The predicted octanol–water partition coefficient (Wildman–Crippen LogP) is 8.81. The molecule has 0 aliphatic rings. The molecule has 0 aliphatic carbocycles. The summed E-state index contributed by atoms with van der Waals surface area (Å²) >= 11 is 0. The van der Waals surface area contributed by atoms with Crippen LogP contribution in [0, 0.1) is 11.3 Å². The fraction of sp³-hybridized carbons (Fsp3) is 0. The number of fused-ring (bicyclic) bond motifs is 3. The minimum atomic E-state index is 0.567. The van der Waals surface area contributed by atoms with E-state index in [4.69, 9.17) is 4.98 Å². The number of nitriles is 1. The van der Waals surface area contributed by atoms with Crippen LogP contribution >= 0.6 is 0 Å². The molecule has 2 aromatic heterocycles. The summed E-state index contributed by atoms with van der Waals surface area (Å²) in [5.74, 6) is 0. The van der Waals surface area contributed by atoms with Crippen LogP contribution in [0.3, 0.4) is 0 Å². The number of hydrogen-bond acceptors (Lipinski definition) is 3. The van der Waals surface area contributed by atoms with Gasteiger partial charge in [0.05, 0.1) is 28.7 Å². The highest BCUT2D eigenvalue weighted by molar-refractivity contribution is 6.23. The molecule has 0 unspecified atom stereocenters. The summed E-state index contributed by atoms with van der Waals surface area (Å²) in [7, 11) is 0. The molecule has 0 N–H and O–H groups in total. The monoisotopic (exact) mass is 483 g/mol. The fourth-order valence-electron chi connectivity index (χ4n) is 5.49. The van der Waals surface area contributed by atoms with Crippen molar-refractivity contribution in [1.29, 1.82) is 5.26 Å². The maximum absolute atomic E-state index is 9.37. The second kappa shape index (κ2) is 8.96. The van der Waals surface area contributed by atoms with Gasteiger partial charge in [-0.1, -0.05) is 97.1 Å². The van der Waals surface area contributed by atoms with Gasteiger partial charge in [0.1, 0.15) is 0 Å². The minimum absolute atomic E-state index is 0.567. The van der Waals surface area contributed by atoms with E-state index in [0.717, 1.165) is 27.7 Å². The van der Waals surface area contributed by atoms with Crippen molar-refractivity contribution < 1.29 is 0 Å². The molecule has 0 amide bonds. The first kappa shape index (κ1) is 21.9. The number of nitrogens with zero attached hydrogens (tertiary/aromatic N) is 3. The molecular weight excluding hydrogens is 462 g/mol. The van der Waals surface area contributed by atoms with Gasteiger partial charge in [0, 0.05) is 11.8 Å². The summed E-state index contributed by atoms with van der Waals surface area (Å²) < 4.78 is 0. The summed E-state index contributed by atoms with van der Waals surface area (Å²) in [6.45, 7) is 0. The molecule has 7 rings (SSSR count). The maximum atomic E-state index is 9.37. The molecule has 7 aromatic rings. The summed E-state index contributed by atoms with van der Waals surface area (Å²) in [6, 6.07) is 44.0. The van der Waals surface area contributed by atoms with Crippen molar-refractivity contribution in [1.82, 2.24) is 9.97 Å². The average Bonchev–Trinajstić information content (AvgIpc) is 2.99. The second-order valence-corrected chi connectivity index (χ2v) is 9.32. The third-order valence-electron chi connectivity index (χ3n) is 7.15. The lowest BCUT2D eigenvalue weighted by molar-refractivity contribution is 1.24. The third kappa shape index (κ3) is 3.51. The molecular formula is C35H21N3. The summed E-state index contributed by atoms with van der Waals surface area (Å²) in [4.78, 5) is 9.56. The van der Waals surface area contributed by atoms with Crippen molar-refractivity contribution in [2.45, 2.75) is 0 Å². The first-order valence-electron chi connectivity index (χ1n) is 12.6. The van der Waals surface area contributed by atoms with Crippen LogP contribution in [0.15, 0.2) is 128 Å². The molecule has 0 atom stereocenters. The van der Waals surface area contributed by atoms with Gasteiger partial charge in [0.15, 0.2) is 0 Å². The zero-order chi connectivity index (χ0) is 25.5. The summed E-state index contributed by atoms with van der Waals surface area (Å²) in [6.07, 6.45) is 1.66. The van der Waals surface area contributed by atoms with E-state index in [-0.39, 0.29) is 0 Å². The van der Waals surface area contributed by atoms with Gasteiger partial charge in [-0.2, -0.15) is 5.26 Å². The highest BCUT2D eigenvalue weighted by Crippen LogP contribution is 2.44. The van der Waals surface area contributed by atoms with Crippen molar-refractivity contribution in [2.75, 3.05) is 0 Å². The quantitative estimate of drug-likeness (QED) is 0.236. The Labute approximate surface area is 220 Å². The first-order valence-corrected chi connectivity index (χ1v) is 12.6. The van der Waals surface area contributed by atoms with Gasteiger partial charge >= 0.3 is 0 Å². The third-order valence-corrected chi connectivity index (χ3v) is 7.15. The molecule has 0 saturated heterocycles. The lowest BCUT2D eigenvalue weighted by Crippen LogP contribution is -1.95. The minimum Gasteiger partial charge on any atom is -0.255 e. The Balaban J connectivity index is 1.56. The zero-order valence-corrected chi connectivity index (χ0v) is 20.5. The van der Waals surface area contributed by atoms with E-state index in [1.807, 2.05) is 12.1 Å². The summed E-state index contributed by atoms with van der Waals surface area (Å²) in [5, 5.41) is 16.5. The highest BCUT2D eigenvalue weighted by atomic mass is 14.8. The van der Waals surface area contributed by atoms with Crippen LogP contribution in [-0.4, -0.2) is 9.97 Å². The number of pyridine rings is 2. The van der Waals surface area contributed by atoms with Gasteiger partial charge in [0.2, 0.25) is 0 Å². The maximum Gasteiger partial charge on any atom is 0.0992 e. The van der Waals surface area contributed by atoms with Crippen LogP contribution in [0.5, 0.6) is 0 Å². The molecule has 3 heteroatoms. The molecule has 0 bridgehead atoms. The molecule has 38 heavy (non-hydrogen) atoms. The first-order chi connectivity index (χ1) is 18.8. The lowest BCUT2D eigenvalue weighted by atomic mass is 9.85. The number of rotatable bonds is 3. The normalized spacial score (nSPS) is 11.1. The van der Waals surface area contributed by atoms with Crippen LogP contribution in [-0.2, 0) is 0 Å². The number of hydrogen-bond donors (Lipinski definition) is 0. The van der Waals surface area contributed by atoms with E-state index in [9.17, 15) is 5.26 Å². The predicted molar refractivity (Wildman–Crippen MR) is 156 cm³/mol. The van der Waals surface area contributed by atoms with Gasteiger partial charge < -0.3 is 0 Å². The number of aromatic nitrogens is 2. The van der Waals surface area contributed by atoms with E-state index in [1.54, 1.807) is 18.3 Å². The van der Waals surface area contributed by atoms with Crippen LogP contribution in [0.2, 0.25) is 0 Å². The molecule has 2 heterocycles. The van der Waals surface area contributed by atoms with Gasteiger partial charge in [-0.05, 0) is 67.7 Å². The topological polar surface area (TPSA) is 49.6 Å². The molecule has 0 radical (unpaired) electrons. The van der Waals surface area contributed by atoms with Crippen molar-refractivity contribution in [2.24, 2.45) is 0 Å². The van der Waals surface area contributed by atoms with E-state index >= 15 is 0 Å². The molecule has 0 spiro atoms. The molecule has 0 fully saturated rings. The van der Waals surface area contributed by atoms with Crippen LogP contribution < -0.4 is 0 Å². The van der Waals surface area contributed by atoms with Crippen molar-refractivity contribution in [3.63, 3.8) is 0 Å². The zero-order valence-electron chi connectivity index (χ0n) is 20.5. The van der Waals surface area contributed by atoms with E-state index < -0.39 is 0 Å². The SMILES string of the molecule is N#Cc1ccnc(-c2cccc(-c3c4ccccc4c(-c4cccc5ccccc45)c4ccccc34)n2)c1. The molecule has 0 aliphatic heterocycles. The molecule has 0 saturated carbocycles. The van der Waals surface area contributed by atoms with Gasteiger partial charge in [-0.3, -0.25) is 4.98 Å². The largest absolute Gasteiger partial charge is 0.255 e. The Morgan fingerprint density at radius 3 is 1.79 bits per heavy atom. The average molecular weight is 484 g/mol. The van der Waals surface area contributed by atoms with Gasteiger partial charge in [0.25, 0.3) is 0 Å². The molecule has 176 valence electrons. The standard InChI is InChI=1S/C35H21N3/c36-22-23-19-20-37-33(21-23)31-17-8-18-32(38-31)35-29-14-5-3-12-27(29)34(28-13-4-6-15-30(28)35)26-16-7-10-24-9-1-2-11-25(24)26/h1-21H. The van der Waals surface area contributed by atoms with Crippen molar-refractivity contribution >= 4 is 32.3 Å². The van der Waals surface area contributed by atoms with Crippen LogP contribution in [0.4, 0.5) is 0 Å². The van der Waals surface area contributed by atoms with Crippen molar-refractivity contribution in [3.8, 4) is 39.8 Å². The Morgan fingerprint density at radius 2 is 1.08 bits per heavy atom. The van der Waals surface area contributed by atoms with E-state index in [2.05, 4.69) is 108 Å². The van der Waals surface area contributed by atoms with E-state index in [1.165, 1.54) is 32.7 Å². The van der Waals surface area contributed by atoms with Gasteiger partial charge in [-0.25, -0.2) is 4.98 Å². The van der Waals surface area contributed by atoms with Crippen LogP contribution in [0.25, 0.3) is 66.1 Å². The summed E-state index contributed by atoms with van der Waals surface area (Å²) in [5.41, 5.74) is 6.43. The fourth-order valence-corrected chi connectivity index (χ4v) is 5.49. The Hall–Kier alpha value is -5.33. The van der Waals surface area contributed by atoms with Crippen molar-refractivity contribution in [3.05, 3.63) is 133 Å². The van der Waals surface area contributed by atoms with E-state index in [0.29, 0.717) is 11.3 Å². The van der Waals surface area contributed by atoms with Gasteiger partial charge in [-0.15, -0.1) is 0 Å². The number of benzene rings is 5. The smallest absolute Gasteiger partial charge is 0.0992 e. The Kier molecular flexibility index (Phi) is 5.17. The molecule has 3 nitrogen and oxygen atoms in total. The highest BCUT2D eigenvalue weighted by Gasteiger charge is 2.18. The van der Waals surface area contributed by atoms with Crippen LogP contribution in [0.1, 0.15) is 5.56 Å². The Morgan fingerprint density at radius 1 is 0.500 bits per heavy atom. The lowest BCUT2D eigenvalue weighted by Gasteiger charge is -2.18.